The van der Waals surface area contributed by atoms with E-state index in [-0.39, 0.29) is 10.8 Å². The van der Waals surface area contributed by atoms with Crippen molar-refractivity contribution in [1.29, 1.82) is 0 Å². The van der Waals surface area contributed by atoms with Crippen molar-refractivity contribution >= 4 is 15.9 Å². The molecule has 3 rings (SSSR count). The van der Waals surface area contributed by atoms with Gasteiger partial charge < -0.3 is 5.32 Å². The summed E-state index contributed by atoms with van der Waals surface area (Å²) in [7, 11) is -3.56. The summed E-state index contributed by atoms with van der Waals surface area (Å²) in [6, 6.07) is 9.87. The maximum absolute atomic E-state index is 12.8. The van der Waals surface area contributed by atoms with Crippen LogP contribution in [0.4, 0.5) is 0 Å². The largest absolute Gasteiger partial charge is 0.348 e. The van der Waals surface area contributed by atoms with Crippen LogP contribution in [0.3, 0.4) is 0 Å². The molecule has 6 nitrogen and oxygen atoms in total. The van der Waals surface area contributed by atoms with Gasteiger partial charge in [0.25, 0.3) is 5.91 Å². The van der Waals surface area contributed by atoms with Gasteiger partial charge in [-0.25, -0.2) is 8.42 Å². The summed E-state index contributed by atoms with van der Waals surface area (Å²) in [5, 5.41) is 2.80. The fourth-order valence-corrected chi connectivity index (χ4v) is 4.47. The van der Waals surface area contributed by atoms with E-state index in [4.69, 9.17) is 0 Å². The van der Waals surface area contributed by atoms with E-state index in [9.17, 15) is 13.2 Å². The molecule has 1 saturated heterocycles. The molecule has 1 aliphatic rings. The number of rotatable bonds is 5. The lowest BCUT2D eigenvalue weighted by molar-refractivity contribution is 0.0950. The number of pyridine rings is 1. The first kappa shape index (κ1) is 18.5. The van der Waals surface area contributed by atoms with Crippen molar-refractivity contribution in [2.75, 3.05) is 13.1 Å². The molecule has 0 radical (unpaired) electrons. The topological polar surface area (TPSA) is 79.4 Å². The van der Waals surface area contributed by atoms with Crippen molar-refractivity contribution < 1.29 is 13.2 Å². The standard InChI is InChI=1S/C19H23N3O3S/c1-15-7-11-22(12-8-15)26(24,25)18-4-2-3-17(13-18)19(23)21-14-16-5-9-20-10-6-16/h2-6,9-10,13,15H,7-8,11-12,14H2,1H3,(H,21,23). The minimum absolute atomic E-state index is 0.170. The van der Waals surface area contributed by atoms with Gasteiger partial charge in [-0.1, -0.05) is 13.0 Å². The van der Waals surface area contributed by atoms with E-state index in [0.29, 0.717) is 31.1 Å². The van der Waals surface area contributed by atoms with Crippen LogP contribution in [-0.2, 0) is 16.6 Å². The fraction of sp³-hybridized carbons (Fsp3) is 0.368. The van der Waals surface area contributed by atoms with Crippen LogP contribution >= 0.6 is 0 Å². The predicted molar refractivity (Wildman–Crippen MR) is 99.0 cm³/mol. The Morgan fingerprint density at radius 3 is 2.58 bits per heavy atom. The molecule has 1 N–H and O–H groups in total. The summed E-state index contributed by atoms with van der Waals surface area (Å²) >= 11 is 0. The van der Waals surface area contributed by atoms with E-state index in [0.717, 1.165) is 18.4 Å². The highest BCUT2D eigenvalue weighted by Gasteiger charge is 2.28. The molecule has 2 heterocycles. The molecule has 0 atom stereocenters. The van der Waals surface area contributed by atoms with Crippen molar-refractivity contribution in [2.45, 2.75) is 31.2 Å². The average Bonchev–Trinajstić information content (AvgIpc) is 2.67. The van der Waals surface area contributed by atoms with Gasteiger partial charge in [-0.2, -0.15) is 4.31 Å². The number of hydrogen-bond donors (Lipinski definition) is 1. The minimum atomic E-state index is -3.56. The van der Waals surface area contributed by atoms with Gasteiger partial charge in [0.15, 0.2) is 0 Å². The molecule has 1 amide bonds. The second kappa shape index (κ2) is 7.97. The van der Waals surface area contributed by atoms with Gasteiger partial charge in [0.1, 0.15) is 0 Å². The zero-order chi connectivity index (χ0) is 18.6. The number of carbonyl (C=O) groups is 1. The number of nitrogens with zero attached hydrogens (tertiary/aromatic N) is 2. The molecule has 0 aliphatic carbocycles. The van der Waals surface area contributed by atoms with Crippen molar-refractivity contribution in [3.8, 4) is 0 Å². The SMILES string of the molecule is CC1CCN(S(=O)(=O)c2cccc(C(=O)NCc3ccncc3)c2)CC1. The molecule has 2 aromatic rings. The van der Waals surface area contributed by atoms with Gasteiger partial charge >= 0.3 is 0 Å². The zero-order valence-corrected chi connectivity index (χ0v) is 15.6. The van der Waals surface area contributed by atoms with Crippen molar-refractivity contribution in [3.63, 3.8) is 0 Å². The van der Waals surface area contributed by atoms with Crippen LogP contribution < -0.4 is 5.32 Å². The molecule has 26 heavy (non-hydrogen) atoms. The van der Waals surface area contributed by atoms with Crippen LogP contribution in [0.2, 0.25) is 0 Å². The van der Waals surface area contributed by atoms with E-state index in [1.807, 2.05) is 12.1 Å². The third-order valence-electron chi connectivity index (χ3n) is 4.68. The first-order valence-electron chi connectivity index (χ1n) is 8.74. The lowest BCUT2D eigenvalue weighted by atomic mass is 10.0. The Kier molecular flexibility index (Phi) is 5.68. The first-order chi connectivity index (χ1) is 12.5. The maximum Gasteiger partial charge on any atom is 0.251 e. The lowest BCUT2D eigenvalue weighted by Crippen LogP contribution is -2.38. The monoisotopic (exact) mass is 373 g/mol. The molecule has 1 aromatic carbocycles. The summed E-state index contributed by atoms with van der Waals surface area (Å²) in [4.78, 5) is 16.5. The smallest absolute Gasteiger partial charge is 0.251 e. The van der Waals surface area contributed by atoms with Gasteiger partial charge in [-0.15, -0.1) is 0 Å². The number of carbonyl (C=O) groups excluding carboxylic acids is 1. The molecule has 1 aromatic heterocycles. The number of nitrogens with one attached hydrogen (secondary N) is 1. The normalized spacial score (nSPS) is 16.3. The van der Waals surface area contributed by atoms with Gasteiger partial charge in [-0.05, 0) is 54.7 Å². The number of amides is 1. The number of aromatic nitrogens is 1. The first-order valence-corrected chi connectivity index (χ1v) is 10.2. The Labute approximate surface area is 154 Å². The summed E-state index contributed by atoms with van der Waals surface area (Å²) in [5.74, 6) is 0.248. The van der Waals surface area contributed by atoms with Crippen LogP contribution in [0.25, 0.3) is 0 Å². The molecular formula is C19H23N3O3S. The van der Waals surface area contributed by atoms with E-state index in [1.54, 1.807) is 30.6 Å². The highest BCUT2D eigenvalue weighted by atomic mass is 32.2. The molecule has 1 aliphatic heterocycles. The van der Waals surface area contributed by atoms with Crippen LogP contribution in [0, 0.1) is 5.92 Å². The second-order valence-corrected chi connectivity index (χ2v) is 8.59. The van der Waals surface area contributed by atoms with Crippen LogP contribution in [0.5, 0.6) is 0 Å². The predicted octanol–water partition coefficient (Wildman–Crippen LogP) is 2.43. The third-order valence-corrected chi connectivity index (χ3v) is 6.57. The molecule has 0 spiro atoms. The lowest BCUT2D eigenvalue weighted by Gasteiger charge is -2.29. The molecule has 0 unspecified atom stereocenters. The molecule has 7 heteroatoms. The Morgan fingerprint density at radius 1 is 1.19 bits per heavy atom. The van der Waals surface area contributed by atoms with Crippen LogP contribution in [0.1, 0.15) is 35.7 Å². The Hall–Kier alpha value is -2.25. The summed E-state index contributed by atoms with van der Waals surface area (Å²) in [6.07, 6.45) is 5.05. The molecule has 0 bridgehead atoms. The van der Waals surface area contributed by atoms with E-state index >= 15 is 0 Å². The number of benzene rings is 1. The minimum Gasteiger partial charge on any atom is -0.348 e. The van der Waals surface area contributed by atoms with Crippen molar-refractivity contribution in [1.82, 2.24) is 14.6 Å². The number of hydrogen-bond acceptors (Lipinski definition) is 4. The van der Waals surface area contributed by atoms with E-state index < -0.39 is 10.0 Å². The van der Waals surface area contributed by atoms with Gasteiger partial charge in [-0.3, -0.25) is 9.78 Å². The highest BCUT2D eigenvalue weighted by Crippen LogP contribution is 2.24. The molecule has 1 fully saturated rings. The Balaban J connectivity index is 1.72. The summed E-state index contributed by atoms with van der Waals surface area (Å²) in [6.45, 7) is 3.56. The van der Waals surface area contributed by atoms with Gasteiger partial charge in [0.2, 0.25) is 10.0 Å². The maximum atomic E-state index is 12.8. The number of sulfonamides is 1. The van der Waals surface area contributed by atoms with Crippen LogP contribution in [0.15, 0.2) is 53.7 Å². The van der Waals surface area contributed by atoms with Crippen molar-refractivity contribution in [3.05, 3.63) is 59.9 Å². The summed E-state index contributed by atoms with van der Waals surface area (Å²) in [5.41, 5.74) is 1.27. The fourth-order valence-electron chi connectivity index (χ4n) is 2.96. The van der Waals surface area contributed by atoms with E-state index in [1.165, 1.54) is 10.4 Å². The van der Waals surface area contributed by atoms with Crippen LogP contribution in [-0.4, -0.2) is 36.7 Å². The average molecular weight is 373 g/mol. The quantitative estimate of drug-likeness (QED) is 0.873. The highest BCUT2D eigenvalue weighted by molar-refractivity contribution is 7.89. The van der Waals surface area contributed by atoms with E-state index in [2.05, 4.69) is 17.2 Å². The number of piperidine rings is 1. The molecular weight excluding hydrogens is 350 g/mol. The second-order valence-electron chi connectivity index (χ2n) is 6.65. The Morgan fingerprint density at radius 2 is 1.88 bits per heavy atom. The summed E-state index contributed by atoms with van der Waals surface area (Å²) < 4.78 is 27.2. The molecule has 0 saturated carbocycles. The molecule has 138 valence electrons. The van der Waals surface area contributed by atoms with Crippen molar-refractivity contribution in [2.24, 2.45) is 5.92 Å². The zero-order valence-electron chi connectivity index (χ0n) is 14.8. The van der Waals surface area contributed by atoms with Gasteiger partial charge in [0, 0.05) is 37.6 Å². The third kappa shape index (κ3) is 4.28. The van der Waals surface area contributed by atoms with Gasteiger partial charge in [0.05, 0.1) is 4.90 Å². The Bertz CT molecular complexity index is 861.